The Morgan fingerprint density at radius 3 is 2.36 bits per heavy atom. The first-order valence-electron chi connectivity index (χ1n) is 6.30. The average molecular weight is 299 g/mol. The second kappa shape index (κ2) is 6.98. The number of hydrogen-bond acceptors (Lipinski definition) is 5. The number of carbonyl (C=O) groups is 2. The maximum atomic E-state index is 11.6. The van der Waals surface area contributed by atoms with E-state index in [1.807, 2.05) is 0 Å². The van der Waals surface area contributed by atoms with Gasteiger partial charge in [0.05, 0.1) is 23.9 Å². The number of carboxylic acid groups (broad SMARTS) is 1. The fourth-order valence-corrected chi connectivity index (χ4v) is 1.74. The van der Waals surface area contributed by atoms with Gasteiger partial charge in [-0.25, -0.2) is 9.59 Å². The van der Waals surface area contributed by atoms with Crippen LogP contribution in [0.25, 0.3) is 0 Å². The zero-order chi connectivity index (χ0) is 15.9. The van der Waals surface area contributed by atoms with Gasteiger partial charge in [0.1, 0.15) is 5.69 Å². The standard InChI is InChI=1S/C15H13N3O4/c1-22-15(21)11-7-3-5-9-13(11)17-18-16-12-8-4-2-6-10(12)14(19)20/h2-9H,1H3,(H,16,17)(H,19,20). The van der Waals surface area contributed by atoms with Gasteiger partial charge in [-0.15, -0.1) is 5.11 Å². The monoisotopic (exact) mass is 299 g/mol. The highest BCUT2D eigenvalue weighted by atomic mass is 16.5. The molecule has 0 aromatic heterocycles. The number of nitrogens with one attached hydrogen (secondary N) is 1. The number of methoxy groups -OCH3 is 1. The SMILES string of the molecule is COC(=O)c1ccccc1N=NNc1ccccc1C(=O)O. The second-order valence-corrected chi connectivity index (χ2v) is 4.17. The topological polar surface area (TPSA) is 100 Å². The highest BCUT2D eigenvalue weighted by Crippen LogP contribution is 2.21. The zero-order valence-corrected chi connectivity index (χ0v) is 11.7. The molecule has 0 saturated carbocycles. The third-order valence-electron chi connectivity index (χ3n) is 2.80. The Kier molecular flexibility index (Phi) is 4.81. The Hall–Kier alpha value is -3.22. The molecule has 2 rings (SSSR count). The van der Waals surface area contributed by atoms with E-state index in [1.54, 1.807) is 42.5 Å². The molecule has 112 valence electrons. The molecule has 0 amide bonds. The molecule has 0 aliphatic rings. The smallest absolute Gasteiger partial charge is 0.340 e. The molecular formula is C15H13N3O4. The van der Waals surface area contributed by atoms with E-state index in [2.05, 4.69) is 20.5 Å². The first-order valence-corrected chi connectivity index (χ1v) is 6.30. The molecular weight excluding hydrogens is 286 g/mol. The van der Waals surface area contributed by atoms with Gasteiger partial charge in [0.15, 0.2) is 0 Å². The highest BCUT2D eigenvalue weighted by molar-refractivity contribution is 5.95. The predicted molar refractivity (Wildman–Crippen MR) is 79.3 cm³/mol. The first-order chi connectivity index (χ1) is 10.6. The number of hydrogen-bond donors (Lipinski definition) is 2. The van der Waals surface area contributed by atoms with Gasteiger partial charge in [0, 0.05) is 0 Å². The van der Waals surface area contributed by atoms with E-state index in [0.29, 0.717) is 11.4 Å². The Balaban J connectivity index is 2.21. The number of rotatable bonds is 5. The number of carbonyl (C=O) groups excluding carboxylic acids is 1. The fraction of sp³-hybridized carbons (Fsp3) is 0.0667. The third kappa shape index (κ3) is 3.45. The normalized spacial score (nSPS) is 10.4. The zero-order valence-electron chi connectivity index (χ0n) is 11.7. The molecule has 0 unspecified atom stereocenters. The summed E-state index contributed by atoms with van der Waals surface area (Å²) in [6, 6.07) is 12.8. The molecule has 0 spiro atoms. The van der Waals surface area contributed by atoms with Crippen LogP contribution in [0.4, 0.5) is 11.4 Å². The van der Waals surface area contributed by atoms with E-state index < -0.39 is 11.9 Å². The van der Waals surface area contributed by atoms with Gasteiger partial charge in [-0.3, -0.25) is 5.43 Å². The molecule has 0 aliphatic heterocycles. The number of para-hydroxylation sites is 1. The second-order valence-electron chi connectivity index (χ2n) is 4.17. The fourth-order valence-electron chi connectivity index (χ4n) is 1.74. The van der Waals surface area contributed by atoms with Crippen molar-refractivity contribution in [2.75, 3.05) is 12.5 Å². The summed E-state index contributed by atoms with van der Waals surface area (Å²) in [5, 5.41) is 16.7. The summed E-state index contributed by atoms with van der Waals surface area (Å²) in [6.45, 7) is 0. The van der Waals surface area contributed by atoms with Crippen molar-refractivity contribution in [3.63, 3.8) is 0 Å². The van der Waals surface area contributed by atoms with Crippen molar-refractivity contribution in [1.29, 1.82) is 0 Å². The Morgan fingerprint density at radius 1 is 1.05 bits per heavy atom. The molecule has 0 atom stereocenters. The van der Waals surface area contributed by atoms with Gasteiger partial charge < -0.3 is 9.84 Å². The Labute approximate surface area is 126 Å². The molecule has 7 nitrogen and oxygen atoms in total. The van der Waals surface area contributed by atoms with E-state index >= 15 is 0 Å². The van der Waals surface area contributed by atoms with Crippen LogP contribution >= 0.6 is 0 Å². The van der Waals surface area contributed by atoms with Gasteiger partial charge in [-0.2, -0.15) is 0 Å². The van der Waals surface area contributed by atoms with Crippen molar-refractivity contribution < 1.29 is 19.4 Å². The molecule has 0 heterocycles. The summed E-state index contributed by atoms with van der Waals surface area (Å²) in [6.07, 6.45) is 0. The van der Waals surface area contributed by atoms with Crippen molar-refractivity contribution in [2.24, 2.45) is 10.3 Å². The van der Waals surface area contributed by atoms with Crippen LogP contribution in [0, 0.1) is 0 Å². The summed E-state index contributed by atoms with van der Waals surface area (Å²) in [5.74, 6) is -1.60. The summed E-state index contributed by atoms with van der Waals surface area (Å²) < 4.78 is 4.65. The number of benzene rings is 2. The van der Waals surface area contributed by atoms with Crippen LogP contribution in [0.2, 0.25) is 0 Å². The van der Waals surface area contributed by atoms with Crippen molar-refractivity contribution >= 4 is 23.3 Å². The van der Waals surface area contributed by atoms with E-state index in [1.165, 1.54) is 13.2 Å². The maximum Gasteiger partial charge on any atom is 0.340 e. The minimum Gasteiger partial charge on any atom is -0.478 e. The van der Waals surface area contributed by atoms with E-state index in [0.717, 1.165) is 0 Å². The van der Waals surface area contributed by atoms with E-state index in [-0.39, 0.29) is 11.1 Å². The number of aromatic carboxylic acids is 1. The molecule has 0 fully saturated rings. The molecule has 0 aliphatic carbocycles. The molecule has 7 heteroatoms. The molecule has 2 aromatic carbocycles. The maximum absolute atomic E-state index is 11.6. The summed E-state index contributed by atoms with van der Waals surface area (Å²) in [4.78, 5) is 22.7. The lowest BCUT2D eigenvalue weighted by Gasteiger charge is -2.04. The Bertz CT molecular complexity index is 728. The van der Waals surface area contributed by atoms with E-state index in [4.69, 9.17) is 5.11 Å². The summed E-state index contributed by atoms with van der Waals surface area (Å²) in [7, 11) is 1.28. The quantitative estimate of drug-likeness (QED) is 0.501. The van der Waals surface area contributed by atoms with E-state index in [9.17, 15) is 9.59 Å². The minimum absolute atomic E-state index is 0.0719. The largest absolute Gasteiger partial charge is 0.478 e. The molecule has 2 N–H and O–H groups in total. The molecule has 0 radical (unpaired) electrons. The van der Waals surface area contributed by atoms with Crippen LogP contribution in [0.3, 0.4) is 0 Å². The van der Waals surface area contributed by atoms with Gasteiger partial charge in [0.2, 0.25) is 0 Å². The van der Waals surface area contributed by atoms with Gasteiger partial charge in [-0.05, 0) is 24.3 Å². The van der Waals surface area contributed by atoms with Crippen molar-refractivity contribution in [3.05, 3.63) is 59.7 Å². The number of ether oxygens (including phenoxy) is 1. The summed E-state index contributed by atoms with van der Waals surface area (Å²) >= 11 is 0. The lowest BCUT2D eigenvalue weighted by molar-refractivity contribution is 0.0600. The average Bonchev–Trinajstić information content (AvgIpc) is 2.55. The van der Waals surface area contributed by atoms with Crippen LogP contribution in [0.5, 0.6) is 0 Å². The lowest BCUT2D eigenvalue weighted by atomic mass is 10.2. The number of nitrogens with zero attached hydrogens (tertiary/aromatic N) is 2. The minimum atomic E-state index is -1.08. The van der Waals surface area contributed by atoms with Gasteiger partial charge in [0.25, 0.3) is 0 Å². The Morgan fingerprint density at radius 2 is 1.68 bits per heavy atom. The molecule has 0 saturated heterocycles. The van der Waals surface area contributed by atoms with Crippen LogP contribution < -0.4 is 5.43 Å². The summed E-state index contributed by atoms with van der Waals surface area (Å²) in [5.41, 5.74) is 3.51. The number of carboxylic acids is 1. The van der Waals surface area contributed by atoms with Crippen molar-refractivity contribution in [3.8, 4) is 0 Å². The van der Waals surface area contributed by atoms with Crippen molar-refractivity contribution in [1.82, 2.24) is 0 Å². The van der Waals surface area contributed by atoms with Crippen molar-refractivity contribution in [2.45, 2.75) is 0 Å². The number of esters is 1. The lowest BCUT2D eigenvalue weighted by Crippen LogP contribution is -2.02. The first kappa shape index (κ1) is 15.2. The van der Waals surface area contributed by atoms with Crippen LogP contribution in [0.1, 0.15) is 20.7 Å². The number of anilines is 1. The molecule has 2 aromatic rings. The van der Waals surface area contributed by atoms with Gasteiger partial charge in [-0.1, -0.05) is 29.5 Å². The highest BCUT2D eigenvalue weighted by Gasteiger charge is 2.11. The predicted octanol–water partition coefficient (Wildman–Crippen LogP) is 3.28. The van der Waals surface area contributed by atoms with Crippen LogP contribution in [-0.2, 0) is 4.74 Å². The third-order valence-corrected chi connectivity index (χ3v) is 2.80. The van der Waals surface area contributed by atoms with Crippen LogP contribution in [-0.4, -0.2) is 24.2 Å². The molecule has 22 heavy (non-hydrogen) atoms. The molecule has 0 bridgehead atoms. The van der Waals surface area contributed by atoms with Gasteiger partial charge >= 0.3 is 11.9 Å². The van der Waals surface area contributed by atoms with Crippen LogP contribution in [0.15, 0.2) is 58.9 Å².